The van der Waals surface area contributed by atoms with Crippen molar-refractivity contribution in [2.45, 2.75) is 18.4 Å². The SMILES string of the molecule is COc1cc(/C=N\NS(=O)(=O)c2ccc(C)cc2)cc(I)c1OCc1ccc(F)cc1. The summed E-state index contributed by atoms with van der Waals surface area (Å²) in [5.74, 6) is 0.694. The molecule has 0 fully saturated rings. The zero-order chi connectivity index (χ0) is 22.4. The van der Waals surface area contributed by atoms with E-state index in [1.165, 1.54) is 37.6 Å². The van der Waals surface area contributed by atoms with Crippen molar-refractivity contribution in [1.82, 2.24) is 4.83 Å². The van der Waals surface area contributed by atoms with Gasteiger partial charge in [0.2, 0.25) is 0 Å². The summed E-state index contributed by atoms with van der Waals surface area (Å²) in [6.07, 6.45) is 1.39. The molecule has 0 amide bonds. The third kappa shape index (κ3) is 6.17. The molecule has 3 aromatic carbocycles. The summed E-state index contributed by atoms with van der Waals surface area (Å²) >= 11 is 2.10. The zero-order valence-electron chi connectivity index (χ0n) is 16.8. The monoisotopic (exact) mass is 554 g/mol. The van der Waals surface area contributed by atoms with Crippen molar-refractivity contribution in [3.05, 3.63) is 86.7 Å². The molecule has 0 saturated heterocycles. The van der Waals surface area contributed by atoms with Crippen molar-refractivity contribution in [2.24, 2.45) is 5.10 Å². The fourth-order valence-corrected chi connectivity index (χ4v) is 4.20. The minimum atomic E-state index is -3.76. The Morgan fingerprint density at radius 1 is 1.10 bits per heavy atom. The van der Waals surface area contributed by atoms with Crippen molar-refractivity contribution >= 4 is 38.8 Å². The van der Waals surface area contributed by atoms with Gasteiger partial charge in [0.25, 0.3) is 10.0 Å². The lowest BCUT2D eigenvalue weighted by atomic mass is 10.2. The molecule has 162 valence electrons. The highest BCUT2D eigenvalue weighted by atomic mass is 127. The van der Waals surface area contributed by atoms with E-state index in [-0.39, 0.29) is 17.3 Å². The van der Waals surface area contributed by atoms with Crippen LogP contribution in [0.15, 0.2) is 70.7 Å². The first-order valence-electron chi connectivity index (χ1n) is 9.15. The summed E-state index contributed by atoms with van der Waals surface area (Å²) in [4.78, 5) is 2.33. The lowest BCUT2D eigenvalue weighted by molar-refractivity contribution is 0.282. The molecule has 0 aliphatic rings. The van der Waals surface area contributed by atoms with Gasteiger partial charge in [-0.1, -0.05) is 29.8 Å². The predicted octanol–water partition coefficient (Wildman–Crippen LogP) is 4.64. The molecule has 0 spiro atoms. The fourth-order valence-electron chi connectivity index (χ4n) is 2.63. The minimum absolute atomic E-state index is 0.131. The van der Waals surface area contributed by atoms with E-state index in [1.807, 2.05) is 6.92 Å². The van der Waals surface area contributed by atoms with Gasteiger partial charge in [0.1, 0.15) is 12.4 Å². The Morgan fingerprint density at radius 2 is 1.77 bits per heavy atom. The maximum atomic E-state index is 13.0. The van der Waals surface area contributed by atoms with Crippen LogP contribution in [0.5, 0.6) is 11.5 Å². The number of hydrogen-bond acceptors (Lipinski definition) is 5. The molecule has 0 aliphatic heterocycles. The van der Waals surface area contributed by atoms with E-state index >= 15 is 0 Å². The van der Waals surface area contributed by atoms with Crippen LogP contribution in [0.1, 0.15) is 16.7 Å². The highest BCUT2D eigenvalue weighted by Gasteiger charge is 2.13. The van der Waals surface area contributed by atoms with Gasteiger partial charge in [-0.2, -0.15) is 13.5 Å². The van der Waals surface area contributed by atoms with Crippen LogP contribution in [-0.4, -0.2) is 21.7 Å². The van der Waals surface area contributed by atoms with E-state index in [0.29, 0.717) is 17.1 Å². The topological polar surface area (TPSA) is 77.0 Å². The first kappa shape index (κ1) is 23.0. The number of benzene rings is 3. The molecule has 0 radical (unpaired) electrons. The molecular weight excluding hydrogens is 534 g/mol. The number of aryl methyl sites for hydroxylation is 1. The average Bonchev–Trinajstić information content (AvgIpc) is 2.74. The zero-order valence-corrected chi connectivity index (χ0v) is 19.8. The van der Waals surface area contributed by atoms with E-state index < -0.39 is 10.0 Å². The Bertz CT molecular complexity index is 1180. The number of hydrazone groups is 1. The van der Waals surface area contributed by atoms with Gasteiger partial charge < -0.3 is 9.47 Å². The fraction of sp³-hybridized carbons (Fsp3) is 0.136. The predicted molar refractivity (Wildman–Crippen MR) is 126 cm³/mol. The molecule has 6 nitrogen and oxygen atoms in total. The molecule has 0 aliphatic carbocycles. The van der Waals surface area contributed by atoms with Crippen LogP contribution in [0.2, 0.25) is 0 Å². The second kappa shape index (κ2) is 10.1. The van der Waals surface area contributed by atoms with Crippen LogP contribution in [0.3, 0.4) is 0 Å². The van der Waals surface area contributed by atoms with Gasteiger partial charge in [-0.15, -0.1) is 0 Å². The van der Waals surface area contributed by atoms with Gasteiger partial charge in [0, 0.05) is 0 Å². The summed E-state index contributed by atoms with van der Waals surface area (Å²) in [6.45, 7) is 2.13. The Balaban J connectivity index is 1.72. The largest absolute Gasteiger partial charge is 0.493 e. The van der Waals surface area contributed by atoms with Gasteiger partial charge in [-0.3, -0.25) is 0 Å². The van der Waals surface area contributed by atoms with Crippen LogP contribution in [0.25, 0.3) is 0 Å². The molecule has 3 aromatic rings. The molecular formula is C22H20FIN2O4S. The Labute approximate surface area is 194 Å². The van der Waals surface area contributed by atoms with E-state index in [1.54, 1.807) is 36.4 Å². The number of halogens is 2. The van der Waals surface area contributed by atoms with E-state index in [0.717, 1.165) is 14.7 Å². The lowest BCUT2D eigenvalue weighted by Crippen LogP contribution is -2.18. The third-order valence-electron chi connectivity index (χ3n) is 4.27. The number of hydrogen-bond donors (Lipinski definition) is 1. The van der Waals surface area contributed by atoms with Crippen molar-refractivity contribution in [2.75, 3.05) is 7.11 Å². The van der Waals surface area contributed by atoms with Crippen LogP contribution in [0, 0.1) is 16.3 Å². The molecule has 0 heterocycles. The summed E-state index contributed by atoms with van der Waals surface area (Å²) in [5, 5.41) is 3.86. The van der Waals surface area contributed by atoms with Crippen LogP contribution in [-0.2, 0) is 16.6 Å². The highest BCUT2D eigenvalue weighted by Crippen LogP contribution is 2.34. The second-order valence-corrected chi connectivity index (χ2v) is 9.44. The van der Waals surface area contributed by atoms with Crippen molar-refractivity contribution in [3.63, 3.8) is 0 Å². The molecule has 9 heteroatoms. The maximum absolute atomic E-state index is 13.0. The van der Waals surface area contributed by atoms with Gasteiger partial charge >= 0.3 is 0 Å². The molecule has 0 unspecified atom stereocenters. The highest BCUT2D eigenvalue weighted by molar-refractivity contribution is 14.1. The maximum Gasteiger partial charge on any atom is 0.276 e. The van der Waals surface area contributed by atoms with Gasteiger partial charge in [-0.25, -0.2) is 9.22 Å². The summed E-state index contributed by atoms with van der Waals surface area (Å²) < 4.78 is 49.7. The van der Waals surface area contributed by atoms with E-state index in [4.69, 9.17) is 9.47 Å². The number of methoxy groups -OCH3 is 1. The van der Waals surface area contributed by atoms with Crippen LogP contribution < -0.4 is 14.3 Å². The smallest absolute Gasteiger partial charge is 0.276 e. The van der Waals surface area contributed by atoms with E-state index in [2.05, 4.69) is 32.5 Å². The quantitative estimate of drug-likeness (QED) is 0.250. The third-order valence-corrected chi connectivity index (χ3v) is 6.31. The van der Waals surface area contributed by atoms with Gasteiger partial charge in [0.15, 0.2) is 11.5 Å². The van der Waals surface area contributed by atoms with E-state index in [9.17, 15) is 12.8 Å². The van der Waals surface area contributed by atoms with Crippen molar-refractivity contribution in [3.8, 4) is 11.5 Å². The number of rotatable bonds is 8. The molecule has 3 rings (SSSR count). The number of ether oxygens (including phenoxy) is 2. The summed E-state index contributed by atoms with van der Waals surface area (Å²) in [5.41, 5.74) is 2.41. The van der Waals surface area contributed by atoms with Crippen molar-refractivity contribution in [1.29, 1.82) is 0 Å². The average molecular weight is 554 g/mol. The summed E-state index contributed by atoms with van der Waals surface area (Å²) in [7, 11) is -2.24. The molecule has 0 bridgehead atoms. The molecule has 31 heavy (non-hydrogen) atoms. The normalized spacial score (nSPS) is 11.5. The van der Waals surface area contributed by atoms with Crippen LogP contribution in [0.4, 0.5) is 4.39 Å². The summed E-state index contributed by atoms with van der Waals surface area (Å²) in [6, 6.07) is 16.0. The molecule has 0 atom stereocenters. The molecule has 0 saturated carbocycles. The first-order valence-corrected chi connectivity index (χ1v) is 11.7. The standard InChI is InChI=1S/C22H20FIN2O4S/c1-15-3-9-19(10-4-15)31(27,28)26-25-13-17-11-20(24)22(21(12-17)29-2)30-14-16-5-7-18(23)8-6-16/h3-13,26H,14H2,1-2H3/b25-13-. The lowest BCUT2D eigenvalue weighted by Gasteiger charge is -2.13. The molecule has 0 aromatic heterocycles. The Morgan fingerprint density at radius 3 is 2.42 bits per heavy atom. The number of sulfonamides is 1. The van der Waals surface area contributed by atoms with Crippen molar-refractivity contribution < 1.29 is 22.3 Å². The van der Waals surface area contributed by atoms with Crippen LogP contribution >= 0.6 is 22.6 Å². The minimum Gasteiger partial charge on any atom is -0.493 e. The second-order valence-electron chi connectivity index (χ2n) is 6.62. The number of nitrogens with zero attached hydrogens (tertiary/aromatic N) is 1. The van der Waals surface area contributed by atoms with Gasteiger partial charge in [-0.05, 0) is 77.0 Å². The van der Waals surface area contributed by atoms with Gasteiger partial charge in [0.05, 0.1) is 21.8 Å². The number of nitrogens with one attached hydrogen (secondary N) is 1. The Hall–Kier alpha value is -2.66. The molecule has 1 N–H and O–H groups in total. The first-order chi connectivity index (χ1) is 14.8. The Kier molecular flexibility index (Phi) is 7.50.